The number of amides is 1. The van der Waals surface area contributed by atoms with Gasteiger partial charge in [-0.05, 0) is 18.9 Å². The summed E-state index contributed by atoms with van der Waals surface area (Å²) in [5.74, 6) is 0.241. The fourth-order valence-electron chi connectivity index (χ4n) is 2.35. The third-order valence-corrected chi connectivity index (χ3v) is 5.81. The van der Waals surface area contributed by atoms with E-state index in [9.17, 15) is 9.59 Å². The van der Waals surface area contributed by atoms with E-state index >= 15 is 0 Å². The van der Waals surface area contributed by atoms with Gasteiger partial charge in [-0.1, -0.05) is 83.3 Å². The molecule has 27 heavy (non-hydrogen) atoms. The number of nitrogens with one attached hydrogen (secondary N) is 1. The summed E-state index contributed by atoms with van der Waals surface area (Å²) in [5.41, 5.74) is 2.93. The average Bonchev–Trinajstić information content (AvgIpc) is 3.13. The van der Waals surface area contributed by atoms with Gasteiger partial charge in [0.05, 0.1) is 5.75 Å². The van der Waals surface area contributed by atoms with Gasteiger partial charge in [-0.2, -0.15) is 0 Å². The van der Waals surface area contributed by atoms with E-state index in [1.54, 1.807) is 0 Å². The predicted octanol–water partition coefficient (Wildman–Crippen LogP) is 4.39. The number of aromatic nitrogens is 2. The Morgan fingerprint density at radius 2 is 1.78 bits per heavy atom. The Bertz CT molecular complexity index is 908. The molecule has 1 N–H and O–H groups in total. The number of hydrogen-bond acceptors (Lipinski definition) is 6. The Morgan fingerprint density at radius 1 is 1.04 bits per heavy atom. The van der Waals surface area contributed by atoms with Gasteiger partial charge in [-0.25, -0.2) is 0 Å². The fourth-order valence-corrected chi connectivity index (χ4v) is 4.02. The summed E-state index contributed by atoms with van der Waals surface area (Å²) in [5, 5.41) is 11.2. The van der Waals surface area contributed by atoms with Crippen LogP contribution in [0.5, 0.6) is 0 Å². The highest BCUT2D eigenvalue weighted by atomic mass is 32.2. The Kier molecular flexibility index (Phi) is 6.73. The van der Waals surface area contributed by atoms with Crippen molar-refractivity contribution in [1.82, 2.24) is 10.2 Å². The molecular formula is C20H19N3O2S2. The van der Waals surface area contributed by atoms with Crippen molar-refractivity contribution in [3.8, 4) is 0 Å². The number of aryl methyl sites for hydroxylation is 2. The summed E-state index contributed by atoms with van der Waals surface area (Å²) < 4.78 is 0.661. The van der Waals surface area contributed by atoms with Crippen LogP contribution in [0.2, 0.25) is 0 Å². The van der Waals surface area contributed by atoms with E-state index in [1.807, 2.05) is 61.5 Å². The van der Waals surface area contributed by atoms with Crippen molar-refractivity contribution >= 4 is 39.9 Å². The molecule has 0 bridgehead atoms. The maximum absolute atomic E-state index is 12.2. The van der Waals surface area contributed by atoms with Gasteiger partial charge in [-0.15, -0.1) is 10.2 Å². The summed E-state index contributed by atoms with van der Waals surface area (Å²) in [7, 11) is 0. The van der Waals surface area contributed by atoms with Crippen LogP contribution in [0.4, 0.5) is 5.13 Å². The Balaban J connectivity index is 1.45. The molecule has 5 nitrogen and oxygen atoms in total. The van der Waals surface area contributed by atoms with Crippen LogP contribution in [-0.2, 0) is 11.2 Å². The second-order valence-electron chi connectivity index (χ2n) is 5.98. The van der Waals surface area contributed by atoms with Crippen LogP contribution in [0.25, 0.3) is 0 Å². The molecule has 0 saturated heterocycles. The minimum atomic E-state index is -0.0951. The minimum Gasteiger partial charge on any atom is -0.300 e. The maximum atomic E-state index is 12.2. The number of nitrogens with zero attached hydrogens (tertiary/aromatic N) is 2. The van der Waals surface area contributed by atoms with E-state index < -0.39 is 0 Å². The molecule has 0 fully saturated rings. The molecule has 0 saturated carbocycles. The number of hydrogen-bond donors (Lipinski definition) is 1. The first-order valence-corrected chi connectivity index (χ1v) is 10.3. The topological polar surface area (TPSA) is 72.0 Å². The third-order valence-electron chi connectivity index (χ3n) is 3.84. The lowest BCUT2D eigenvalue weighted by atomic mass is 10.1. The monoisotopic (exact) mass is 397 g/mol. The summed E-state index contributed by atoms with van der Waals surface area (Å²) in [4.78, 5) is 24.2. The summed E-state index contributed by atoms with van der Waals surface area (Å²) in [6.07, 6.45) is 1.07. The normalized spacial score (nSPS) is 10.6. The molecule has 3 aromatic rings. The van der Waals surface area contributed by atoms with Gasteiger partial charge >= 0.3 is 0 Å². The lowest BCUT2D eigenvalue weighted by Crippen LogP contribution is -2.12. The SMILES string of the molecule is Cc1ccc(C(=O)CSc2nnc(NC(=O)CCc3ccccc3)s2)cc1. The lowest BCUT2D eigenvalue weighted by molar-refractivity contribution is -0.116. The first-order chi connectivity index (χ1) is 13.1. The number of Topliss-reactive ketones (excluding diaryl/α,β-unsaturated/α-hetero) is 1. The first-order valence-electron chi connectivity index (χ1n) is 8.50. The highest BCUT2D eigenvalue weighted by molar-refractivity contribution is 8.01. The van der Waals surface area contributed by atoms with Crippen molar-refractivity contribution in [1.29, 1.82) is 0 Å². The lowest BCUT2D eigenvalue weighted by Gasteiger charge is -2.01. The predicted molar refractivity (Wildman–Crippen MR) is 110 cm³/mol. The second-order valence-corrected chi connectivity index (χ2v) is 8.18. The van der Waals surface area contributed by atoms with Crippen LogP contribution in [0, 0.1) is 6.92 Å². The van der Waals surface area contributed by atoms with Crippen LogP contribution in [0.3, 0.4) is 0 Å². The van der Waals surface area contributed by atoms with E-state index in [4.69, 9.17) is 0 Å². The molecule has 1 heterocycles. The fraction of sp³-hybridized carbons (Fsp3) is 0.200. The van der Waals surface area contributed by atoms with Crippen molar-refractivity contribution in [2.45, 2.75) is 24.1 Å². The molecule has 1 aromatic heterocycles. The van der Waals surface area contributed by atoms with E-state index in [0.29, 0.717) is 33.6 Å². The summed E-state index contributed by atoms with van der Waals surface area (Å²) >= 11 is 2.61. The maximum Gasteiger partial charge on any atom is 0.226 e. The Morgan fingerprint density at radius 3 is 2.52 bits per heavy atom. The van der Waals surface area contributed by atoms with Crippen LogP contribution in [0.15, 0.2) is 58.9 Å². The molecule has 0 unspecified atom stereocenters. The molecule has 0 aliphatic heterocycles. The number of thioether (sulfide) groups is 1. The third kappa shape index (κ3) is 6.01. The molecule has 0 atom stereocenters. The van der Waals surface area contributed by atoms with Gasteiger partial charge in [0, 0.05) is 12.0 Å². The zero-order chi connectivity index (χ0) is 19.1. The zero-order valence-electron chi connectivity index (χ0n) is 14.8. The van der Waals surface area contributed by atoms with E-state index in [-0.39, 0.29) is 11.7 Å². The van der Waals surface area contributed by atoms with Crippen molar-refractivity contribution in [2.24, 2.45) is 0 Å². The zero-order valence-corrected chi connectivity index (χ0v) is 16.5. The quantitative estimate of drug-likeness (QED) is 0.347. The van der Waals surface area contributed by atoms with Crippen molar-refractivity contribution in [2.75, 3.05) is 11.1 Å². The molecule has 7 heteroatoms. The number of benzene rings is 2. The molecular weight excluding hydrogens is 378 g/mol. The average molecular weight is 398 g/mol. The number of anilines is 1. The van der Waals surface area contributed by atoms with E-state index in [0.717, 1.165) is 11.1 Å². The molecule has 0 radical (unpaired) electrons. The molecule has 1 amide bonds. The van der Waals surface area contributed by atoms with Gasteiger partial charge in [0.2, 0.25) is 11.0 Å². The number of carbonyl (C=O) groups is 2. The van der Waals surface area contributed by atoms with Crippen molar-refractivity contribution in [3.05, 3.63) is 71.3 Å². The highest BCUT2D eigenvalue weighted by Crippen LogP contribution is 2.26. The first kappa shape index (κ1) is 19.3. The van der Waals surface area contributed by atoms with Gasteiger partial charge in [0.1, 0.15) is 0 Å². The smallest absolute Gasteiger partial charge is 0.226 e. The largest absolute Gasteiger partial charge is 0.300 e. The second kappa shape index (κ2) is 9.43. The van der Waals surface area contributed by atoms with Crippen LogP contribution >= 0.6 is 23.1 Å². The standard InChI is InChI=1S/C20H19N3O2S2/c1-14-7-10-16(11-8-14)17(24)13-26-20-23-22-19(27-20)21-18(25)12-9-15-5-3-2-4-6-15/h2-8,10-11H,9,12-13H2,1H3,(H,21,22,25). The molecule has 0 spiro atoms. The van der Waals surface area contributed by atoms with Crippen LogP contribution in [0.1, 0.15) is 27.9 Å². The van der Waals surface area contributed by atoms with Crippen LogP contribution < -0.4 is 5.32 Å². The van der Waals surface area contributed by atoms with Crippen molar-refractivity contribution in [3.63, 3.8) is 0 Å². The number of ketones is 1. The number of carbonyl (C=O) groups excluding carboxylic acids is 2. The summed E-state index contributed by atoms with van der Waals surface area (Å²) in [6.45, 7) is 1.99. The molecule has 0 aliphatic rings. The molecule has 2 aromatic carbocycles. The Hall–Kier alpha value is -2.51. The summed E-state index contributed by atoms with van der Waals surface area (Å²) in [6, 6.07) is 17.4. The number of rotatable bonds is 8. The van der Waals surface area contributed by atoms with Gasteiger partial charge in [0.25, 0.3) is 0 Å². The van der Waals surface area contributed by atoms with Gasteiger partial charge < -0.3 is 5.32 Å². The van der Waals surface area contributed by atoms with E-state index in [2.05, 4.69) is 15.5 Å². The van der Waals surface area contributed by atoms with Crippen LogP contribution in [-0.4, -0.2) is 27.6 Å². The van der Waals surface area contributed by atoms with E-state index in [1.165, 1.54) is 23.1 Å². The Labute approximate surface area is 166 Å². The molecule has 138 valence electrons. The highest BCUT2D eigenvalue weighted by Gasteiger charge is 2.12. The van der Waals surface area contributed by atoms with Gasteiger partial charge in [-0.3, -0.25) is 9.59 Å². The van der Waals surface area contributed by atoms with Gasteiger partial charge in [0.15, 0.2) is 10.1 Å². The van der Waals surface area contributed by atoms with Crippen molar-refractivity contribution < 1.29 is 9.59 Å². The molecule has 0 aliphatic carbocycles. The minimum absolute atomic E-state index is 0.0450. The molecule has 3 rings (SSSR count).